The molecular weight excluding hydrogens is 301 g/mol. The minimum absolute atomic E-state index is 0.305. The van der Waals surface area contributed by atoms with Gasteiger partial charge in [-0.15, -0.1) is 0 Å². The van der Waals surface area contributed by atoms with Crippen LogP contribution in [0.5, 0.6) is 0 Å². The van der Waals surface area contributed by atoms with Crippen molar-refractivity contribution in [1.29, 1.82) is 5.26 Å². The van der Waals surface area contributed by atoms with E-state index in [0.717, 1.165) is 22.2 Å². The number of hydrogen-bond donors (Lipinski definition) is 2. The fraction of sp³-hybridized carbons (Fsp3) is 0. The van der Waals surface area contributed by atoms with Gasteiger partial charge in [-0.25, -0.2) is 9.18 Å². The Labute approximate surface area is 131 Å². The van der Waals surface area contributed by atoms with Crippen LogP contribution in [0.15, 0.2) is 59.6 Å². The van der Waals surface area contributed by atoms with Crippen LogP contribution in [-0.2, 0) is 0 Å². The first-order valence-corrected chi connectivity index (χ1v) is 7.14. The first-order chi connectivity index (χ1) is 10.7. The van der Waals surface area contributed by atoms with E-state index in [9.17, 15) is 9.18 Å². The lowest BCUT2D eigenvalue weighted by Gasteiger charge is -2.04. The van der Waals surface area contributed by atoms with Gasteiger partial charge in [0.1, 0.15) is 11.2 Å². The summed E-state index contributed by atoms with van der Waals surface area (Å²) in [5.41, 5.74) is 1.40. The van der Waals surface area contributed by atoms with Gasteiger partial charge in [0.25, 0.3) is 0 Å². The highest BCUT2D eigenvalue weighted by Crippen LogP contribution is 2.18. The summed E-state index contributed by atoms with van der Waals surface area (Å²) in [7, 11) is 0. The average Bonchev–Trinajstić information content (AvgIpc) is 2.51. The molecule has 0 aromatic heterocycles. The number of amides is 2. The van der Waals surface area contributed by atoms with Gasteiger partial charge in [-0.1, -0.05) is 12.1 Å². The van der Waals surface area contributed by atoms with Crippen molar-refractivity contribution in [2.75, 3.05) is 5.32 Å². The maximum Gasteiger partial charge on any atom is 0.323 e. The summed E-state index contributed by atoms with van der Waals surface area (Å²) in [5, 5.41) is 15.7. The highest BCUT2D eigenvalue weighted by atomic mass is 32.2. The number of carbonyl (C=O) groups is 1. The van der Waals surface area contributed by atoms with Crippen LogP contribution in [0, 0.1) is 16.5 Å². The minimum atomic E-state index is -0.390. The lowest BCUT2D eigenvalue weighted by Crippen LogP contribution is -2.23. The summed E-state index contributed by atoms with van der Waals surface area (Å²) < 4.78 is 12.7. The Morgan fingerprint density at radius 3 is 2.45 bits per heavy atom. The van der Waals surface area contributed by atoms with Gasteiger partial charge in [0.2, 0.25) is 0 Å². The van der Waals surface area contributed by atoms with Crippen LogP contribution >= 0.6 is 11.8 Å². The Hall–Kier alpha value is -2.78. The van der Waals surface area contributed by atoms with Gasteiger partial charge in [-0.3, -0.25) is 0 Å². The fourth-order valence-electron chi connectivity index (χ4n) is 1.61. The largest absolute Gasteiger partial charge is 0.323 e. The monoisotopic (exact) mass is 313 g/mol. The number of nitrogens with zero attached hydrogens (tertiary/aromatic N) is 1. The molecule has 22 heavy (non-hydrogen) atoms. The van der Waals surface area contributed by atoms with Gasteiger partial charge in [0.05, 0.1) is 0 Å². The maximum absolute atomic E-state index is 12.7. The topological polar surface area (TPSA) is 64.9 Å². The smallest absolute Gasteiger partial charge is 0.314 e. The number of anilines is 1. The molecular formula is C16H12FN3OS. The van der Waals surface area contributed by atoms with E-state index in [1.165, 1.54) is 18.3 Å². The van der Waals surface area contributed by atoms with E-state index < -0.39 is 0 Å². The van der Waals surface area contributed by atoms with Crippen LogP contribution in [0.1, 0.15) is 5.56 Å². The number of carbonyl (C=O) groups excluding carboxylic acids is 1. The number of hydrogen-bond acceptors (Lipinski definition) is 3. The maximum atomic E-state index is 12.7. The third kappa shape index (κ3) is 4.96. The van der Waals surface area contributed by atoms with Crippen molar-refractivity contribution in [3.8, 4) is 5.40 Å². The van der Waals surface area contributed by atoms with Crippen LogP contribution in [-0.4, -0.2) is 6.03 Å². The number of nitriles is 1. The lowest BCUT2D eigenvalue weighted by molar-refractivity contribution is 0.255. The molecule has 0 aliphatic rings. The second-order valence-corrected chi connectivity index (χ2v) is 5.06. The van der Waals surface area contributed by atoms with Gasteiger partial charge in [-0.05, 0) is 59.8 Å². The second kappa shape index (κ2) is 7.86. The molecule has 0 unspecified atom stereocenters. The molecule has 0 saturated heterocycles. The summed E-state index contributed by atoms with van der Waals surface area (Å²) in [6.45, 7) is 0. The van der Waals surface area contributed by atoms with Crippen molar-refractivity contribution in [2.24, 2.45) is 0 Å². The summed E-state index contributed by atoms with van der Waals surface area (Å²) in [4.78, 5) is 12.5. The van der Waals surface area contributed by atoms with Gasteiger partial charge in [0, 0.05) is 16.8 Å². The Bertz CT molecular complexity index is 706. The Balaban J connectivity index is 1.85. The number of nitrogens with one attached hydrogen (secondary N) is 2. The molecule has 2 N–H and O–H groups in total. The van der Waals surface area contributed by atoms with Crippen molar-refractivity contribution < 1.29 is 9.18 Å². The van der Waals surface area contributed by atoms with Crippen molar-refractivity contribution in [2.45, 2.75) is 4.90 Å². The lowest BCUT2D eigenvalue weighted by atomic mass is 10.2. The Morgan fingerprint density at radius 2 is 1.82 bits per heavy atom. The summed E-state index contributed by atoms with van der Waals surface area (Å²) >= 11 is 1.05. The van der Waals surface area contributed by atoms with Crippen molar-refractivity contribution in [3.05, 3.63) is 66.1 Å². The highest BCUT2D eigenvalue weighted by Gasteiger charge is 1.99. The molecule has 4 nitrogen and oxygen atoms in total. The number of rotatable bonds is 4. The molecule has 2 aromatic carbocycles. The minimum Gasteiger partial charge on any atom is -0.314 e. The first-order valence-electron chi connectivity index (χ1n) is 6.33. The zero-order valence-corrected chi connectivity index (χ0v) is 12.2. The molecule has 110 valence electrons. The van der Waals surface area contributed by atoms with Crippen LogP contribution < -0.4 is 10.6 Å². The third-order valence-corrected chi connectivity index (χ3v) is 3.24. The van der Waals surface area contributed by atoms with Crippen molar-refractivity contribution in [1.82, 2.24) is 5.32 Å². The molecule has 0 saturated carbocycles. The van der Waals surface area contributed by atoms with Crippen LogP contribution in [0.4, 0.5) is 14.9 Å². The molecule has 0 bridgehead atoms. The Morgan fingerprint density at radius 1 is 1.14 bits per heavy atom. The number of thiocyanates is 1. The number of urea groups is 1. The molecule has 0 radical (unpaired) electrons. The molecule has 0 aliphatic heterocycles. The van der Waals surface area contributed by atoms with Gasteiger partial charge < -0.3 is 10.6 Å². The first kappa shape index (κ1) is 15.6. The molecule has 2 amide bonds. The summed E-state index contributed by atoms with van der Waals surface area (Å²) in [6, 6.07) is 12.4. The molecule has 0 aliphatic carbocycles. The molecule has 2 aromatic rings. The van der Waals surface area contributed by atoms with Crippen LogP contribution in [0.25, 0.3) is 6.08 Å². The number of halogens is 1. The van der Waals surface area contributed by atoms with E-state index >= 15 is 0 Å². The van der Waals surface area contributed by atoms with Crippen molar-refractivity contribution >= 4 is 29.6 Å². The molecule has 0 fully saturated rings. The second-order valence-electron chi connectivity index (χ2n) is 4.20. The summed E-state index contributed by atoms with van der Waals surface area (Å²) in [5.74, 6) is -0.305. The van der Waals surface area contributed by atoms with Crippen LogP contribution in [0.2, 0.25) is 0 Å². The van der Waals surface area contributed by atoms with E-state index in [-0.39, 0.29) is 11.8 Å². The van der Waals surface area contributed by atoms with E-state index in [1.54, 1.807) is 42.5 Å². The van der Waals surface area contributed by atoms with Crippen molar-refractivity contribution in [3.63, 3.8) is 0 Å². The zero-order valence-electron chi connectivity index (χ0n) is 11.4. The molecule has 0 atom stereocenters. The van der Waals surface area contributed by atoms with Crippen LogP contribution in [0.3, 0.4) is 0 Å². The predicted octanol–water partition coefficient (Wildman–Crippen LogP) is 4.19. The van der Waals surface area contributed by atoms with Gasteiger partial charge >= 0.3 is 6.03 Å². The zero-order chi connectivity index (χ0) is 15.8. The Kier molecular flexibility index (Phi) is 5.57. The standard InChI is InChI=1S/C16H12FN3OS/c17-13-3-1-12(2-4-13)9-10-19-16(21)20-14-5-7-15(8-6-14)22-11-18/h1-10H,(H2,19,20,21)/b10-9+. The molecule has 2 rings (SSSR count). The number of benzene rings is 2. The normalized spacial score (nSPS) is 10.2. The average molecular weight is 313 g/mol. The quantitative estimate of drug-likeness (QED) is 0.657. The van der Waals surface area contributed by atoms with E-state index in [1.807, 2.05) is 5.40 Å². The molecule has 0 spiro atoms. The highest BCUT2D eigenvalue weighted by molar-refractivity contribution is 8.03. The van der Waals surface area contributed by atoms with E-state index in [4.69, 9.17) is 5.26 Å². The fourth-order valence-corrected chi connectivity index (χ4v) is 1.99. The van der Waals surface area contributed by atoms with Gasteiger partial charge in [0.15, 0.2) is 0 Å². The summed E-state index contributed by atoms with van der Waals surface area (Å²) in [6.07, 6.45) is 3.13. The third-order valence-electron chi connectivity index (χ3n) is 2.64. The predicted molar refractivity (Wildman–Crippen MR) is 85.5 cm³/mol. The van der Waals surface area contributed by atoms with E-state index in [0.29, 0.717) is 5.69 Å². The molecule has 6 heteroatoms. The van der Waals surface area contributed by atoms with Gasteiger partial charge in [-0.2, -0.15) is 5.26 Å². The van der Waals surface area contributed by atoms with E-state index in [2.05, 4.69) is 10.6 Å². The SMILES string of the molecule is N#CSc1ccc(NC(=O)N/C=C/c2ccc(F)cc2)cc1. The molecule has 0 heterocycles. The number of thioether (sulfide) groups is 1.